The molecular weight excluding hydrogens is 298 g/mol. The van der Waals surface area contributed by atoms with Crippen molar-refractivity contribution in [1.82, 2.24) is 15.0 Å². The first-order valence-corrected chi connectivity index (χ1v) is 7.60. The number of hydrogen-bond donors (Lipinski definition) is 0. The second-order valence-corrected chi connectivity index (χ2v) is 5.35. The van der Waals surface area contributed by atoms with E-state index < -0.39 is 0 Å². The Morgan fingerprint density at radius 2 is 1.50 bits per heavy atom. The minimum Gasteiger partial charge on any atom is -0.285 e. The summed E-state index contributed by atoms with van der Waals surface area (Å²) in [5.74, 6) is 0.00486. The molecular formula is C20H13N3O. The number of fused-ring (bicyclic) bond motifs is 1. The summed E-state index contributed by atoms with van der Waals surface area (Å²) in [5, 5.41) is 0.827. The number of carbonyl (C=O) groups is 1. The van der Waals surface area contributed by atoms with Gasteiger partial charge in [0.1, 0.15) is 0 Å². The molecule has 0 aliphatic heterocycles. The van der Waals surface area contributed by atoms with E-state index >= 15 is 0 Å². The third kappa shape index (κ3) is 2.54. The van der Waals surface area contributed by atoms with Gasteiger partial charge in [0, 0.05) is 28.9 Å². The third-order valence-electron chi connectivity index (χ3n) is 3.78. The molecule has 0 N–H and O–H groups in total. The lowest BCUT2D eigenvalue weighted by atomic mass is 10.1. The van der Waals surface area contributed by atoms with Crippen LogP contribution in [0, 0.1) is 0 Å². The fourth-order valence-electron chi connectivity index (χ4n) is 2.61. The monoisotopic (exact) mass is 311 g/mol. The van der Waals surface area contributed by atoms with Gasteiger partial charge >= 0.3 is 0 Å². The Bertz CT molecular complexity index is 1010. The van der Waals surface area contributed by atoms with Gasteiger partial charge in [-0.2, -0.15) is 0 Å². The molecule has 0 saturated carbocycles. The van der Waals surface area contributed by atoms with E-state index in [0.717, 1.165) is 10.9 Å². The highest BCUT2D eigenvalue weighted by Crippen LogP contribution is 2.25. The zero-order chi connectivity index (χ0) is 16.4. The molecule has 2 aromatic heterocycles. The first kappa shape index (κ1) is 14.2. The molecule has 0 atom stereocenters. The Hall–Kier alpha value is -3.40. The SMILES string of the molecule is O=C(c1ccccc1)c1nc(-c2ccccc2)c2cnccc2n1. The van der Waals surface area contributed by atoms with Gasteiger partial charge in [0.25, 0.3) is 0 Å². The van der Waals surface area contributed by atoms with Crippen LogP contribution in [0.1, 0.15) is 16.2 Å². The van der Waals surface area contributed by atoms with E-state index in [1.165, 1.54) is 0 Å². The summed E-state index contributed by atoms with van der Waals surface area (Å²) in [6, 6.07) is 20.6. The Morgan fingerprint density at radius 3 is 2.25 bits per heavy atom. The molecule has 0 spiro atoms. The lowest BCUT2D eigenvalue weighted by molar-refractivity contribution is 0.103. The van der Waals surface area contributed by atoms with Crippen LogP contribution in [0.15, 0.2) is 79.1 Å². The van der Waals surface area contributed by atoms with Crippen LogP contribution in [-0.2, 0) is 0 Å². The quantitative estimate of drug-likeness (QED) is 0.538. The van der Waals surface area contributed by atoms with Crippen LogP contribution in [0.25, 0.3) is 22.2 Å². The largest absolute Gasteiger partial charge is 0.285 e. The zero-order valence-corrected chi connectivity index (χ0v) is 12.8. The topological polar surface area (TPSA) is 55.7 Å². The maximum atomic E-state index is 12.7. The van der Waals surface area contributed by atoms with Crippen LogP contribution >= 0.6 is 0 Å². The van der Waals surface area contributed by atoms with Crippen molar-refractivity contribution < 1.29 is 4.79 Å². The van der Waals surface area contributed by atoms with E-state index in [1.807, 2.05) is 48.5 Å². The number of aromatic nitrogens is 3. The van der Waals surface area contributed by atoms with Gasteiger partial charge in [-0.1, -0.05) is 60.7 Å². The van der Waals surface area contributed by atoms with Gasteiger partial charge < -0.3 is 0 Å². The second kappa shape index (κ2) is 6.01. The maximum Gasteiger partial charge on any atom is 0.230 e. The molecule has 4 aromatic rings. The van der Waals surface area contributed by atoms with Crippen molar-refractivity contribution >= 4 is 16.7 Å². The van der Waals surface area contributed by atoms with E-state index in [2.05, 4.69) is 15.0 Å². The summed E-state index contributed by atoms with van der Waals surface area (Å²) in [7, 11) is 0. The smallest absolute Gasteiger partial charge is 0.230 e. The highest BCUT2D eigenvalue weighted by atomic mass is 16.1. The molecule has 0 bridgehead atoms. The van der Waals surface area contributed by atoms with Crippen molar-refractivity contribution in [2.45, 2.75) is 0 Å². The minimum absolute atomic E-state index is 0.188. The number of rotatable bonds is 3. The minimum atomic E-state index is -0.188. The van der Waals surface area contributed by atoms with Crippen molar-refractivity contribution in [3.63, 3.8) is 0 Å². The van der Waals surface area contributed by atoms with Gasteiger partial charge in [-0.25, -0.2) is 9.97 Å². The molecule has 0 unspecified atom stereocenters. The average molecular weight is 311 g/mol. The molecule has 0 aliphatic rings. The summed E-state index contributed by atoms with van der Waals surface area (Å²) < 4.78 is 0. The number of benzene rings is 2. The van der Waals surface area contributed by atoms with Gasteiger partial charge in [-0.05, 0) is 6.07 Å². The lowest BCUT2D eigenvalue weighted by Crippen LogP contribution is -2.08. The van der Waals surface area contributed by atoms with Crippen LogP contribution in [0.3, 0.4) is 0 Å². The van der Waals surface area contributed by atoms with E-state index in [0.29, 0.717) is 16.8 Å². The van der Waals surface area contributed by atoms with Gasteiger partial charge in [0.05, 0.1) is 11.2 Å². The highest BCUT2D eigenvalue weighted by Gasteiger charge is 2.16. The first-order chi connectivity index (χ1) is 11.8. The number of nitrogens with zero attached hydrogens (tertiary/aromatic N) is 3. The third-order valence-corrected chi connectivity index (χ3v) is 3.78. The molecule has 4 nitrogen and oxygen atoms in total. The van der Waals surface area contributed by atoms with Crippen LogP contribution in [0.5, 0.6) is 0 Å². The first-order valence-electron chi connectivity index (χ1n) is 7.60. The lowest BCUT2D eigenvalue weighted by Gasteiger charge is -2.08. The molecule has 0 fully saturated rings. The summed E-state index contributed by atoms with van der Waals surface area (Å²) in [6.07, 6.45) is 3.40. The van der Waals surface area contributed by atoms with E-state index in [9.17, 15) is 4.79 Å². The predicted octanol–water partition coefficient (Wildman–Crippen LogP) is 3.92. The van der Waals surface area contributed by atoms with E-state index in [4.69, 9.17) is 0 Å². The fourth-order valence-corrected chi connectivity index (χ4v) is 2.61. The molecule has 2 aromatic carbocycles. The maximum absolute atomic E-state index is 12.7. The Kier molecular flexibility index (Phi) is 3.56. The molecule has 0 amide bonds. The number of pyridine rings is 1. The average Bonchev–Trinajstić information content (AvgIpc) is 2.68. The normalized spacial score (nSPS) is 10.7. The molecule has 4 rings (SSSR count). The molecule has 2 heterocycles. The number of hydrogen-bond acceptors (Lipinski definition) is 4. The van der Waals surface area contributed by atoms with Gasteiger partial charge in [0.2, 0.25) is 11.6 Å². The van der Waals surface area contributed by atoms with E-state index in [-0.39, 0.29) is 11.6 Å². The van der Waals surface area contributed by atoms with E-state index in [1.54, 1.807) is 30.6 Å². The molecule has 24 heavy (non-hydrogen) atoms. The summed E-state index contributed by atoms with van der Waals surface area (Å²) >= 11 is 0. The molecule has 0 aliphatic carbocycles. The Balaban J connectivity index is 1.94. The Labute approximate surface area is 138 Å². The summed E-state index contributed by atoms with van der Waals surface area (Å²) in [4.78, 5) is 25.9. The van der Waals surface area contributed by atoms with Crippen LogP contribution < -0.4 is 0 Å². The van der Waals surface area contributed by atoms with Crippen molar-refractivity contribution in [3.05, 3.63) is 90.5 Å². The van der Waals surface area contributed by atoms with Crippen LogP contribution in [0.2, 0.25) is 0 Å². The van der Waals surface area contributed by atoms with Crippen LogP contribution in [-0.4, -0.2) is 20.7 Å². The van der Waals surface area contributed by atoms with Gasteiger partial charge in [-0.15, -0.1) is 0 Å². The highest BCUT2D eigenvalue weighted by molar-refractivity contribution is 6.08. The van der Waals surface area contributed by atoms with Gasteiger partial charge in [0.15, 0.2) is 0 Å². The molecule has 0 saturated heterocycles. The second-order valence-electron chi connectivity index (χ2n) is 5.35. The Morgan fingerprint density at radius 1 is 0.792 bits per heavy atom. The fraction of sp³-hybridized carbons (Fsp3) is 0. The summed E-state index contributed by atoms with van der Waals surface area (Å²) in [5.41, 5.74) is 2.93. The van der Waals surface area contributed by atoms with Gasteiger partial charge in [-0.3, -0.25) is 9.78 Å². The van der Waals surface area contributed by atoms with Crippen molar-refractivity contribution in [3.8, 4) is 11.3 Å². The van der Waals surface area contributed by atoms with Crippen molar-refractivity contribution in [2.24, 2.45) is 0 Å². The predicted molar refractivity (Wildman–Crippen MR) is 92.6 cm³/mol. The number of carbonyl (C=O) groups excluding carboxylic acids is 1. The molecule has 0 radical (unpaired) electrons. The zero-order valence-electron chi connectivity index (χ0n) is 12.8. The molecule has 4 heteroatoms. The number of ketones is 1. The van der Waals surface area contributed by atoms with Crippen molar-refractivity contribution in [2.75, 3.05) is 0 Å². The van der Waals surface area contributed by atoms with Crippen molar-refractivity contribution in [1.29, 1.82) is 0 Å². The standard InChI is InChI=1S/C20H13N3O/c24-19(15-9-5-2-6-10-15)20-22-17-11-12-21-13-16(17)18(23-20)14-7-3-1-4-8-14/h1-13H. The molecule has 114 valence electrons. The summed E-state index contributed by atoms with van der Waals surface area (Å²) in [6.45, 7) is 0. The van der Waals surface area contributed by atoms with Crippen LogP contribution in [0.4, 0.5) is 0 Å².